The smallest absolute Gasteiger partial charge is 0.205 e. The van der Waals surface area contributed by atoms with Crippen LogP contribution in [0.4, 0.5) is 0 Å². The molecule has 30 heavy (non-hydrogen) atoms. The van der Waals surface area contributed by atoms with E-state index in [1.807, 2.05) is 25.1 Å². The summed E-state index contributed by atoms with van der Waals surface area (Å²) in [5, 5.41) is 16.6. The van der Waals surface area contributed by atoms with Crippen molar-refractivity contribution in [3.8, 4) is 22.5 Å². The van der Waals surface area contributed by atoms with E-state index in [1.165, 1.54) is 5.56 Å². The molecule has 1 aromatic heterocycles. The largest absolute Gasteiger partial charge is 0.311 e. The minimum atomic E-state index is 0.0514. The van der Waals surface area contributed by atoms with Crippen molar-refractivity contribution in [3.63, 3.8) is 0 Å². The Morgan fingerprint density at radius 2 is 1.87 bits per heavy atom. The Hall–Kier alpha value is -3.32. The van der Waals surface area contributed by atoms with Crippen LogP contribution in [-0.2, 0) is 11.2 Å². The van der Waals surface area contributed by atoms with Gasteiger partial charge in [-0.05, 0) is 35.2 Å². The Morgan fingerprint density at radius 3 is 2.53 bits per heavy atom. The van der Waals surface area contributed by atoms with Gasteiger partial charge >= 0.3 is 0 Å². The lowest BCUT2D eigenvalue weighted by molar-refractivity contribution is -0.105. The second-order valence-electron chi connectivity index (χ2n) is 7.53. The lowest BCUT2D eigenvalue weighted by Gasteiger charge is -2.23. The molecule has 1 atom stereocenters. The van der Waals surface area contributed by atoms with E-state index in [4.69, 9.17) is 0 Å². The maximum absolute atomic E-state index is 11.7. The number of hydrogen-bond donors (Lipinski definition) is 2. The molecule has 1 unspecified atom stereocenters. The molecule has 2 heterocycles. The number of rotatable bonds is 8. The van der Waals surface area contributed by atoms with Gasteiger partial charge in [0.1, 0.15) is 6.29 Å². The van der Waals surface area contributed by atoms with E-state index in [-0.39, 0.29) is 6.04 Å². The van der Waals surface area contributed by atoms with E-state index >= 15 is 0 Å². The lowest BCUT2D eigenvalue weighted by Crippen LogP contribution is -2.37. The fourth-order valence-corrected chi connectivity index (χ4v) is 3.87. The number of carbonyl (C=O) groups is 1. The van der Waals surface area contributed by atoms with Gasteiger partial charge in [-0.25, -0.2) is 5.43 Å². The van der Waals surface area contributed by atoms with Gasteiger partial charge in [-0.2, -0.15) is 5.21 Å². The summed E-state index contributed by atoms with van der Waals surface area (Å²) in [4.78, 5) is 11.7. The summed E-state index contributed by atoms with van der Waals surface area (Å²) in [6.07, 6.45) is 3.92. The van der Waals surface area contributed by atoms with Crippen molar-refractivity contribution in [2.75, 3.05) is 6.54 Å². The average molecular weight is 403 g/mol. The number of tetrazole rings is 1. The van der Waals surface area contributed by atoms with Crippen LogP contribution in [0.1, 0.15) is 32.3 Å². The molecule has 0 aliphatic carbocycles. The van der Waals surface area contributed by atoms with E-state index < -0.39 is 0 Å². The van der Waals surface area contributed by atoms with Crippen LogP contribution in [-0.4, -0.2) is 44.5 Å². The summed E-state index contributed by atoms with van der Waals surface area (Å²) < 4.78 is 0. The van der Waals surface area contributed by atoms with Crippen LogP contribution in [0, 0.1) is 0 Å². The van der Waals surface area contributed by atoms with Gasteiger partial charge in [-0.15, -0.1) is 10.2 Å². The van der Waals surface area contributed by atoms with Crippen molar-refractivity contribution < 1.29 is 4.79 Å². The van der Waals surface area contributed by atoms with Gasteiger partial charge in [0.25, 0.3) is 0 Å². The van der Waals surface area contributed by atoms with E-state index in [1.54, 1.807) is 0 Å². The molecule has 0 amide bonds. The first-order valence-corrected chi connectivity index (χ1v) is 10.3. The summed E-state index contributed by atoms with van der Waals surface area (Å²) >= 11 is 0. The number of allylic oxidation sites excluding steroid dienone is 1. The van der Waals surface area contributed by atoms with E-state index in [9.17, 15) is 4.79 Å². The topological polar surface area (TPSA) is 86.8 Å². The SMILES string of the molecule is CCCCN1NC(C)C(C=O)=C1Cc1ccc(-c2ccccc2-c2nn[nH]n2)cc1. The Labute approximate surface area is 176 Å². The van der Waals surface area contributed by atoms with Crippen molar-refractivity contribution in [1.82, 2.24) is 31.1 Å². The normalized spacial score (nSPS) is 16.3. The van der Waals surface area contributed by atoms with Crippen molar-refractivity contribution in [2.24, 2.45) is 0 Å². The second-order valence-corrected chi connectivity index (χ2v) is 7.53. The highest BCUT2D eigenvalue weighted by molar-refractivity contribution is 5.80. The maximum atomic E-state index is 11.7. The van der Waals surface area contributed by atoms with Crippen LogP contribution in [0.2, 0.25) is 0 Å². The maximum Gasteiger partial charge on any atom is 0.205 e. The van der Waals surface area contributed by atoms with Crippen LogP contribution in [0.25, 0.3) is 22.5 Å². The van der Waals surface area contributed by atoms with Crippen LogP contribution in [0.15, 0.2) is 59.8 Å². The number of aldehydes is 1. The molecule has 1 aliphatic heterocycles. The van der Waals surface area contributed by atoms with Gasteiger partial charge in [0.15, 0.2) is 0 Å². The van der Waals surface area contributed by atoms with Gasteiger partial charge in [-0.1, -0.05) is 61.9 Å². The number of hydrogen-bond acceptors (Lipinski definition) is 6. The average Bonchev–Trinajstić information content (AvgIpc) is 3.41. The molecule has 0 fully saturated rings. The minimum absolute atomic E-state index is 0.0514. The summed E-state index contributed by atoms with van der Waals surface area (Å²) in [6, 6.07) is 16.5. The van der Waals surface area contributed by atoms with Crippen molar-refractivity contribution in [1.29, 1.82) is 0 Å². The van der Waals surface area contributed by atoms with Gasteiger partial charge in [0.05, 0.1) is 6.04 Å². The highest BCUT2D eigenvalue weighted by Gasteiger charge is 2.27. The Balaban J connectivity index is 1.59. The molecule has 0 bridgehead atoms. The monoisotopic (exact) mass is 402 g/mol. The van der Waals surface area contributed by atoms with Crippen LogP contribution >= 0.6 is 0 Å². The number of carbonyl (C=O) groups excluding carboxylic acids is 1. The first kappa shape index (κ1) is 20.0. The number of nitrogens with one attached hydrogen (secondary N) is 2. The summed E-state index contributed by atoms with van der Waals surface area (Å²) in [6.45, 7) is 5.12. The summed E-state index contributed by atoms with van der Waals surface area (Å²) in [7, 11) is 0. The lowest BCUT2D eigenvalue weighted by atomic mass is 9.97. The van der Waals surface area contributed by atoms with Gasteiger partial charge in [-0.3, -0.25) is 4.79 Å². The number of hydrazine groups is 1. The van der Waals surface area contributed by atoms with Crippen LogP contribution < -0.4 is 5.43 Å². The molecule has 4 rings (SSSR count). The molecule has 0 radical (unpaired) electrons. The molecule has 2 N–H and O–H groups in total. The quantitative estimate of drug-likeness (QED) is 0.561. The minimum Gasteiger partial charge on any atom is -0.311 e. The molecule has 7 heteroatoms. The molecule has 3 aromatic rings. The molecular weight excluding hydrogens is 376 g/mol. The predicted octanol–water partition coefficient (Wildman–Crippen LogP) is 3.54. The molecule has 7 nitrogen and oxygen atoms in total. The highest BCUT2D eigenvalue weighted by Crippen LogP contribution is 2.30. The Kier molecular flexibility index (Phi) is 5.99. The Bertz CT molecular complexity index is 1030. The number of aromatic amines is 1. The number of H-pyrrole nitrogens is 1. The zero-order valence-corrected chi connectivity index (χ0v) is 17.3. The molecule has 154 valence electrons. The molecule has 2 aromatic carbocycles. The van der Waals surface area contributed by atoms with Crippen LogP contribution in [0.3, 0.4) is 0 Å². The fourth-order valence-electron chi connectivity index (χ4n) is 3.87. The first-order valence-electron chi connectivity index (χ1n) is 10.3. The third kappa shape index (κ3) is 4.02. The molecular formula is C23H26N6O. The molecule has 0 saturated heterocycles. The number of benzene rings is 2. The van der Waals surface area contributed by atoms with Crippen molar-refractivity contribution in [2.45, 2.75) is 39.2 Å². The van der Waals surface area contributed by atoms with Gasteiger partial charge < -0.3 is 5.01 Å². The fraction of sp³-hybridized carbons (Fsp3) is 0.304. The predicted molar refractivity (Wildman–Crippen MR) is 116 cm³/mol. The Morgan fingerprint density at radius 1 is 1.10 bits per heavy atom. The number of nitrogens with zero attached hydrogens (tertiary/aromatic N) is 4. The third-order valence-electron chi connectivity index (χ3n) is 5.49. The van der Waals surface area contributed by atoms with Crippen molar-refractivity contribution in [3.05, 3.63) is 65.4 Å². The van der Waals surface area contributed by atoms with Crippen molar-refractivity contribution >= 4 is 6.29 Å². The van der Waals surface area contributed by atoms with E-state index in [0.29, 0.717) is 5.82 Å². The summed E-state index contributed by atoms with van der Waals surface area (Å²) in [5.41, 5.74) is 9.59. The van der Waals surface area contributed by atoms with Gasteiger partial charge in [0.2, 0.25) is 5.82 Å². The zero-order valence-electron chi connectivity index (χ0n) is 17.3. The van der Waals surface area contributed by atoms with E-state index in [0.717, 1.165) is 60.1 Å². The second kappa shape index (κ2) is 9.00. The highest BCUT2D eigenvalue weighted by atomic mass is 16.1. The molecule has 0 saturated carbocycles. The van der Waals surface area contributed by atoms with Crippen LogP contribution in [0.5, 0.6) is 0 Å². The van der Waals surface area contributed by atoms with E-state index in [2.05, 4.69) is 68.3 Å². The number of unbranched alkanes of at least 4 members (excludes halogenated alkanes) is 1. The van der Waals surface area contributed by atoms with Gasteiger partial charge in [0, 0.05) is 29.8 Å². The standard InChI is InChI=1S/C23H26N6O/c1-3-4-13-29-22(21(15-30)16(2)26-29)14-17-9-11-18(12-10-17)19-7-5-6-8-20(19)23-24-27-28-25-23/h5-12,15-16,26H,3-4,13-14H2,1-2H3,(H,24,25,27,28). The molecule has 0 spiro atoms. The zero-order chi connectivity index (χ0) is 20.9. The first-order chi connectivity index (χ1) is 14.7. The summed E-state index contributed by atoms with van der Waals surface area (Å²) in [5.74, 6) is 0.577. The third-order valence-corrected chi connectivity index (χ3v) is 5.49. The number of aromatic nitrogens is 4. The molecule has 1 aliphatic rings.